The van der Waals surface area contributed by atoms with Crippen molar-refractivity contribution in [2.24, 2.45) is 5.73 Å². The molecule has 0 bridgehead atoms. The van der Waals surface area contributed by atoms with Crippen LogP contribution in [0.15, 0.2) is 54.6 Å². The number of carboxylic acids is 1. The van der Waals surface area contributed by atoms with Crippen LogP contribution in [0.25, 0.3) is 0 Å². The quantitative estimate of drug-likeness (QED) is 0.101. The fraction of sp³-hybridized carbons (Fsp3) is 0.471. The number of aromatic hydroxyl groups is 1. The molecule has 0 saturated carbocycles. The summed E-state index contributed by atoms with van der Waals surface area (Å²) in [4.78, 5) is 81.1. The van der Waals surface area contributed by atoms with Crippen LogP contribution in [-0.2, 0) is 41.6 Å². The van der Waals surface area contributed by atoms with E-state index in [0.717, 1.165) is 5.56 Å². The van der Waals surface area contributed by atoms with Crippen molar-refractivity contribution in [1.82, 2.24) is 25.8 Å². The van der Waals surface area contributed by atoms with Gasteiger partial charge in [0, 0.05) is 19.5 Å². The summed E-state index contributed by atoms with van der Waals surface area (Å²) in [5, 5.41) is 45.3. The van der Waals surface area contributed by atoms with Gasteiger partial charge in [-0.15, -0.1) is 0 Å². The number of nitrogens with two attached hydrogens (primary N) is 1. The number of aliphatic hydroxyl groups excluding tert-OH is 2. The second kappa shape index (κ2) is 17.6. The molecule has 0 aliphatic carbocycles. The number of carbonyl (C=O) groups is 6. The number of hydrogen-bond acceptors (Lipinski definition) is 10. The van der Waals surface area contributed by atoms with E-state index in [1.54, 1.807) is 42.5 Å². The highest BCUT2D eigenvalue weighted by Gasteiger charge is 2.43. The van der Waals surface area contributed by atoms with Crippen LogP contribution in [0.4, 0.5) is 0 Å². The number of nitrogens with one attached hydrogen (secondary N) is 3. The number of amides is 5. The van der Waals surface area contributed by atoms with Crippen LogP contribution in [0.1, 0.15) is 36.8 Å². The van der Waals surface area contributed by atoms with Gasteiger partial charge in [-0.05, 0) is 55.4 Å². The highest BCUT2D eigenvalue weighted by Crippen LogP contribution is 2.26. The van der Waals surface area contributed by atoms with E-state index >= 15 is 0 Å². The van der Waals surface area contributed by atoms with E-state index < -0.39 is 85.0 Å². The van der Waals surface area contributed by atoms with Gasteiger partial charge in [0.2, 0.25) is 29.5 Å². The molecule has 2 aromatic carbocycles. The summed E-state index contributed by atoms with van der Waals surface area (Å²) in [6, 6.07) is 7.60. The molecule has 2 saturated heterocycles. The predicted octanol–water partition coefficient (Wildman–Crippen LogP) is -1.99. The van der Waals surface area contributed by atoms with Gasteiger partial charge in [-0.2, -0.15) is 0 Å². The first-order chi connectivity index (χ1) is 23.9. The maximum absolute atomic E-state index is 13.8. The zero-order valence-corrected chi connectivity index (χ0v) is 27.4. The molecule has 6 atom stereocenters. The minimum atomic E-state index is -1.63. The fourth-order valence-electron chi connectivity index (χ4n) is 6.22. The van der Waals surface area contributed by atoms with Crippen LogP contribution in [0.3, 0.4) is 0 Å². The molecule has 0 unspecified atom stereocenters. The largest absolute Gasteiger partial charge is 0.508 e. The van der Waals surface area contributed by atoms with Crippen molar-refractivity contribution in [1.29, 1.82) is 0 Å². The molecule has 16 heteroatoms. The summed E-state index contributed by atoms with van der Waals surface area (Å²) in [7, 11) is 0. The Hall–Kier alpha value is -5.06. The molecule has 16 nitrogen and oxygen atoms in total. The number of carboxylic acid groups (broad SMARTS) is 1. The maximum Gasteiger partial charge on any atom is 0.328 e. The van der Waals surface area contributed by atoms with E-state index in [4.69, 9.17) is 5.73 Å². The van der Waals surface area contributed by atoms with Gasteiger partial charge in [0.25, 0.3) is 0 Å². The second-order valence-electron chi connectivity index (χ2n) is 12.4. The molecular weight excluding hydrogens is 652 g/mol. The number of phenolic OH excluding ortho intramolecular Hbond substituents is 1. The first-order valence-electron chi connectivity index (χ1n) is 16.5. The highest BCUT2D eigenvalue weighted by molar-refractivity contribution is 5.97. The number of aliphatic carboxylic acids is 1. The summed E-state index contributed by atoms with van der Waals surface area (Å²) >= 11 is 0. The molecular formula is C34H44N6O10. The standard InChI is InChI=1S/C34H44N6O10/c35-23(16-21-10-12-22(43)13-11-21)32(47)40-15-5-9-28(40)33(48)39-14-4-8-27(39)31(46)37-25(18-41)30(45)36-24(17-20-6-2-1-3-7-20)29(44)38-26(19-42)34(49)50/h1-3,6-7,10-13,23-28,41-43H,4-5,8-9,14-19,35H2,(H,36,45)(H,37,46)(H,38,44)(H,49,50)/t23-,24-,25-,26-,27-,28-/m0/s1. The van der Waals surface area contributed by atoms with Gasteiger partial charge < -0.3 is 51.9 Å². The van der Waals surface area contributed by atoms with Crippen molar-refractivity contribution in [3.8, 4) is 5.75 Å². The molecule has 2 aliphatic rings. The summed E-state index contributed by atoms with van der Waals surface area (Å²) in [5.74, 6) is -4.78. The van der Waals surface area contributed by atoms with Crippen LogP contribution in [0.2, 0.25) is 0 Å². The van der Waals surface area contributed by atoms with Crippen LogP contribution in [0, 0.1) is 0 Å². The van der Waals surface area contributed by atoms with Crippen molar-refractivity contribution in [2.75, 3.05) is 26.3 Å². The van der Waals surface area contributed by atoms with Crippen molar-refractivity contribution in [2.45, 2.75) is 74.8 Å². The lowest BCUT2D eigenvalue weighted by Crippen LogP contribution is -2.60. The maximum atomic E-state index is 13.8. The lowest BCUT2D eigenvalue weighted by molar-refractivity contribution is -0.147. The van der Waals surface area contributed by atoms with Gasteiger partial charge >= 0.3 is 5.97 Å². The van der Waals surface area contributed by atoms with Gasteiger partial charge in [0.1, 0.15) is 36.0 Å². The van der Waals surface area contributed by atoms with Gasteiger partial charge in [-0.1, -0.05) is 42.5 Å². The van der Waals surface area contributed by atoms with E-state index in [2.05, 4.69) is 16.0 Å². The minimum absolute atomic E-state index is 0.0671. The number of hydrogen-bond donors (Lipinski definition) is 8. The Balaban J connectivity index is 1.40. The van der Waals surface area contributed by atoms with Crippen LogP contribution in [-0.4, -0.2) is 128 Å². The molecule has 9 N–H and O–H groups in total. The smallest absolute Gasteiger partial charge is 0.328 e. The average molecular weight is 697 g/mol. The van der Waals surface area contributed by atoms with E-state index in [0.29, 0.717) is 31.4 Å². The predicted molar refractivity (Wildman–Crippen MR) is 177 cm³/mol. The average Bonchev–Trinajstić information content (AvgIpc) is 3.81. The zero-order valence-electron chi connectivity index (χ0n) is 27.4. The third-order valence-electron chi connectivity index (χ3n) is 8.90. The van der Waals surface area contributed by atoms with E-state index in [1.165, 1.54) is 21.9 Å². The Morgan fingerprint density at radius 1 is 0.720 bits per heavy atom. The molecule has 4 rings (SSSR count). The second-order valence-corrected chi connectivity index (χ2v) is 12.4. The molecule has 0 radical (unpaired) electrons. The lowest BCUT2D eigenvalue weighted by Gasteiger charge is -2.32. The van der Waals surface area contributed by atoms with Crippen molar-refractivity contribution < 1.29 is 49.2 Å². The summed E-state index contributed by atoms with van der Waals surface area (Å²) in [6.07, 6.45) is 1.83. The molecule has 2 aliphatic heterocycles. The van der Waals surface area contributed by atoms with Gasteiger partial charge in [0.15, 0.2) is 0 Å². The summed E-state index contributed by atoms with van der Waals surface area (Å²) < 4.78 is 0. The molecule has 50 heavy (non-hydrogen) atoms. The minimum Gasteiger partial charge on any atom is -0.508 e. The SMILES string of the molecule is N[C@@H](Cc1ccc(O)cc1)C(=O)N1CCC[C@H]1C(=O)N1CCC[C@H]1C(=O)N[C@@H](CO)C(=O)N[C@@H](Cc1ccccc1)C(=O)N[C@@H](CO)C(=O)O. The van der Waals surface area contributed by atoms with Gasteiger partial charge in [0.05, 0.1) is 19.3 Å². The highest BCUT2D eigenvalue weighted by atomic mass is 16.4. The first kappa shape index (κ1) is 37.8. The Morgan fingerprint density at radius 2 is 1.28 bits per heavy atom. The third-order valence-corrected chi connectivity index (χ3v) is 8.90. The molecule has 0 aromatic heterocycles. The number of aliphatic hydroxyl groups is 2. The molecule has 2 heterocycles. The summed E-state index contributed by atoms with van der Waals surface area (Å²) in [6.45, 7) is -1.19. The number of benzene rings is 2. The van der Waals surface area contributed by atoms with Crippen molar-refractivity contribution in [3.63, 3.8) is 0 Å². The van der Waals surface area contributed by atoms with Crippen molar-refractivity contribution in [3.05, 3.63) is 65.7 Å². The molecule has 5 amide bonds. The van der Waals surface area contributed by atoms with Crippen LogP contribution < -0.4 is 21.7 Å². The Kier molecular flexibility index (Phi) is 13.3. The van der Waals surface area contributed by atoms with Gasteiger partial charge in [-0.3, -0.25) is 24.0 Å². The topological polar surface area (TPSA) is 252 Å². The fourth-order valence-corrected chi connectivity index (χ4v) is 6.22. The van der Waals surface area contributed by atoms with E-state index in [9.17, 15) is 49.2 Å². The van der Waals surface area contributed by atoms with E-state index in [-0.39, 0.29) is 31.6 Å². The first-order valence-corrected chi connectivity index (χ1v) is 16.5. The normalized spacial score (nSPS) is 19.6. The van der Waals surface area contributed by atoms with Crippen molar-refractivity contribution >= 4 is 35.5 Å². The zero-order chi connectivity index (χ0) is 36.4. The third kappa shape index (κ3) is 9.55. The van der Waals surface area contributed by atoms with Gasteiger partial charge in [-0.25, -0.2) is 4.79 Å². The lowest BCUT2D eigenvalue weighted by atomic mass is 10.0. The number of rotatable bonds is 15. The number of carbonyl (C=O) groups excluding carboxylic acids is 5. The summed E-state index contributed by atoms with van der Waals surface area (Å²) in [5.41, 5.74) is 7.59. The number of likely N-dealkylation sites (tertiary alicyclic amines) is 2. The van der Waals surface area contributed by atoms with Crippen LogP contribution in [0.5, 0.6) is 5.75 Å². The molecule has 270 valence electrons. The number of phenols is 1. The van der Waals surface area contributed by atoms with Crippen LogP contribution >= 0.6 is 0 Å². The Labute approximate surface area is 288 Å². The van der Waals surface area contributed by atoms with E-state index in [1.807, 2.05) is 0 Å². The Morgan fingerprint density at radius 3 is 1.90 bits per heavy atom. The molecule has 2 fully saturated rings. The monoisotopic (exact) mass is 696 g/mol. The number of nitrogens with zero attached hydrogens (tertiary/aromatic N) is 2. The molecule has 2 aromatic rings. The Bertz CT molecular complexity index is 1520. The molecule has 0 spiro atoms.